The van der Waals surface area contributed by atoms with Crippen LogP contribution in [0.4, 0.5) is 0 Å². The Balaban J connectivity index is 0. The first-order valence-corrected chi connectivity index (χ1v) is 4.92. The number of hydrogen-bond donors (Lipinski definition) is 6. The van der Waals surface area contributed by atoms with Crippen molar-refractivity contribution in [1.29, 1.82) is 0 Å². The van der Waals surface area contributed by atoms with Gasteiger partial charge in [0, 0.05) is 4.57 Å². The molecule has 0 rings (SSSR count). The lowest BCUT2D eigenvalue weighted by Crippen LogP contribution is -2.42. The number of rotatable bonds is 5. The van der Waals surface area contributed by atoms with Gasteiger partial charge < -0.3 is 20.4 Å². The fourth-order valence-electron chi connectivity index (χ4n) is 0.714. The van der Waals surface area contributed by atoms with Gasteiger partial charge in [0.15, 0.2) is 5.60 Å². The van der Waals surface area contributed by atoms with Gasteiger partial charge in [-0.2, -0.15) is 0 Å². The highest BCUT2D eigenvalue weighted by Crippen LogP contribution is 2.15. The molecule has 17 heavy (non-hydrogen) atoms. The van der Waals surface area contributed by atoms with Crippen molar-refractivity contribution in [2.24, 2.45) is 0 Å². The van der Waals surface area contributed by atoms with E-state index >= 15 is 0 Å². The van der Waals surface area contributed by atoms with Crippen LogP contribution in [-0.2, 0) is 18.9 Å². The third-order valence-electron chi connectivity index (χ3n) is 1.29. The smallest absolute Gasteiger partial charge is 0.481 e. The Bertz CT molecular complexity index is 303. The zero-order valence-corrected chi connectivity index (χ0v) is 9.07. The summed E-state index contributed by atoms with van der Waals surface area (Å²) >= 11 is 0. The highest BCUT2D eigenvalue weighted by molar-refractivity contribution is 7.30. The molecule has 0 fully saturated rings. The summed E-state index contributed by atoms with van der Waals surface area (Å²) in [5, 5.41) is 33.8. The minimum atomic E-state index is -2.87. The summed E-state index contributed by atoms with van der Waals surface area (Å²) < 4.78 is 8.70. The molecule has 0 aromatic carbocycles. The summed E-state index contributed by atoms with van der Waals surface area (Å²) in [6.45, 7) is 0. The van der Waals surface area contributed by atoms with E-state index in [1.807, 2.05) is 0 Å². The average Bonchev–Trinajstić information content (AvgIpc) is 1.98. The Morgan fingerprint density at radius 3 is 1.29 bits per heavy atom. The van der Waals surface area contributed by atoms with Crippen LogP contribution in [0.1, 0.15) is 12.8 Å². The van der Waals surface area contributed by atoms with Crippen LogP contribution in [0.2, 0.25) is 0 Å². The van der Waals surface area contributed by atoms with Crippen LogP contribution in [0.25, 0.3) is 0 Å². The van der Waals surface area contributed by atoms with Crippen LogP contribution < -0.4 is 0 Å². The maximum absolute atomic E-state index is 10.3. The number of carbonyl (C=O) groups is 3. The van der Waals surface area contributed by atoms with Crippen molar-refractivity contribution in [2.75, 3.05) is 0 Å². The van der Waals surface area contributed by atoms with Gasteiger partial charge in [0.25, 0.3) is 0 Å². The van der Waals surface area contributed by atoms with E-state index in [9.17, 15) is 14.4 Å². The Kier molecular flexibility index (Phi) is 7.98. The van der Waals surface area contributed by atoms with E-state index in [-0.39, 0.29) is 0 Å². The molecule has 0 saturated heterocycles. The minimum absolute atomic E-state index is 1.14. The summed E-state index contributed by atoms with van der Waals surface area (Å²) in [5.41, 5.74) is -2.74. The quantitative estimate of drug-likeness (QED) is 0.317. The molecule has 0 unspecified atom stereocenters. The summed E-state index contributed by atoms with van der Waals surface area (Å²) in [6.07, 6.45) is -2.29. The Morgan fingerprint density at radius 2 is 1.18 bits per heavy atom. The first-order valence-electron chi connectivity index (χ1n) is 3.75. The van der Waals surface area contributed by atoms with E-state index in [1.165, 1.54) is 0 Å². The fourth-order valence-corrected chi connectivity index (χ4v) is 0.714. The molecular formula is C6H10O10P+. The zero-order valence-electron chi connectivity index (χ0n) is 8.18. The van der Waals surface area contributed by atoms with E-state index < -0.39 is 44.6 Å². The van der Waals surface area contributed by atoms with Crippen molar-refractivity contribution < 1.29 is 49.2 Å². The SMILES string of the molecule is O=C(O)CC(O)(CC(=O)O)C(=O)O.O=[P+](O)O. The molecule has 98 valence electrons. The van der Waals surface area contributed by atoms with Gasteiger partial charge in [0.2, 0.25) is 0 Å². The first-order chi connectivity index (χ1) is 7.51. The molecule has 11 heteroatoms. The van der Waals surface area contributed by atoms with Crippen molar-refractivity contribution in [3.8, 4) is 0 Å². The number of aliphatic hydroxyl groups is 1. The Labute approximate surface area is 94.7 Å². The maximum Gasteiger partial charge on any atom is 0.692 e. The summed E-state index contributed by atoms with van der Waals surface area (Å²) in [5.74, 6) is -5.02. The van der Waals surface area contributed by atoms with E-state index in [2.05, 4.69) is 0 Å². The van der Waals surface area contributed by atoms with Gasteiger partial charge in [0.05, 0.1) is 12.8 Å². The van der Waals surface area contributed by atoms with Gasteiger partial charge in [-0.1, -0.05) is 0 Å². The van der Waals surface area contributed by atoms with Crippen molar-refractivity contribution in [3.63, 3.8) is 0 Å². The molecule has 0 spiro atoms. The molecule has 0 atom stereocenters. The molecule has 0 radical (unpaired) electrons. The van der Waals surface area contributed by atoms with Crippen LogP contribution in [0.3, 0.4) is 0 Å². The molecule has 0 aliphatic carbocycles. The molecule has 10 nitrogen and oxygen atoms in total. The third-order valence-corrected chi connectivity index (χ3v) is 1.29. The predicted molar refractivity (Wildman–Crippen MR) is 49.1 cm³/mol. The second-order valence-electron chi connectivity index (χ2n) is 2.73. The number of carboxylic acid groups (broad SMARTS) is 3. The van der Waals surface area contributed by atoms with Gasteiger partial charge in [-0.15, -0.1) is 9.79 Å². The normalized spacial score (nSPS) is 9.82. The molecule has 0 amide bonds. The first kappa shape index (κ1) is 17.8. The van der Waals surface area contributed by atoms with Crippen LogP contribution in [0.5, 0.6) is 0 Å². The van der Waals surface area contributed by atoms with E-state index in [4.69, 9.17) is 34.8 Å². The summed E-state index contributed by atoms with van der Waals surface area (Å²) in [7, 11) is -2.87. The van der Waals surface area contributed by atoms with Crippen molar-refractivity contribution >= 4 is 26.2 Å². The zero-order chi connectivity index (χ0) is 14.2. The van der Waals surface area contributed by atoms with E-state index in [0.717, 1.165) is 0 Å². The van der Waals surface area contributed by atoms with Gasteiger partial charge in [-0.05, 0) is 0 Å². The van der Waals surface area contributed by atoms with E-state index in [0.29, 0.717) is 0 Å². The molecule has 0 heterocycles. The molecular weight excluding hydrogens is 263 g/mol. The lowest BCUT2D eigenvalue weighted by Gasteiger charge is -2.18. The average molecular weight is 273 g/mol. The van der Waals surface area contributed by atoms with E-state index in [1.54, 1.807) is 0 Å². The maximum atomic E-state index is 10.3. The second kappa shape index (κ2) is 7.63. The van der Waals surface area contributed by atoms with Gasteiger partial charge >= 0.3 is 26.2 Å². The van der Waals surface area contributed by atoms with Gasteiger partial charge in [-0.3, -0.25) is 9.59 Å². The second-order valence-corrected chi connectivity index (χ2v) is 3.24. The molecule has 0 saturated carbocycles. The van der Waals surface area contributed by atoms with Crippen LogP contribution in [0, 0.1) is 0 Å². The van der Waals surface area contributed by atoms with Crippen molar-refractivity contribution in [3.05, 3.63) is 0 Å². The van der Waals surface area contributed by atoms with Crippen LogP contribution in [-0.4, -0.2) is 53.7 Å². The molecule has 6 N–H and O–H groups in total. The molecule has 0 aliphatic rings. The number of hydrogen-bond acceptors (Lipinski definition) is 5. The highest BCUT2D eigenvalue weighted by Gasteiger charge is 2.40. The molecule has 0 aliphatic heterocycles. The Morgan fingerprint density at radius 1 is 0.941 bits per heavy atom. The standard InChI is InChI=1S/C6H8O7.HO3P/c7-3(8)1-6(13,5(11)12)2-4(9)10;1-4(2)3/h13H,1-2H2,(H,7,8)(H,9,10)(H,11,12);(H-,1,2,3)/p+1. The topological polar surface area (TPSA) is 190 Å². The van der Waals surface area contributed by atoms with Crippen LogP contribution in [0.15, 0.2) is 0 Å². The summed E-state index contributed by atoms with van der Waals surface area (Å²) in [6, 6.07) is 0. The van der Waals surface area contributed by atoms with Crippen molar-refractivity contribution in [2.45, 2.75) is 18.4 Å². The highest BCUT2D eigenvalue weighted by atomic mass is 31.1. The van der Waals surface area contributed by atoms with Crippen LogP contribution >= 0.6 is 8.25 Å². The van der Waals surface area contributed by atoms with Crippen molar-refractivity contribution in [1.82, 2.24) is 0 Å². The number of carboxylic acids is 3. The lowest BCUT2D eigenvalue weighted by atomic mass is 9.96. The number of aliphatic carboxylic acids is 3. The molecule has 0 aromatic rings. The largest absolute Gasteiger partial charge is 0.692 e. The molecule has 0 bridgehead atoms. The molecule has 0 aromatic heterocycles. The third kappa shape index (κ3) is 10.7. The monoisotopic (exact) mass is 273 g/mol. The predicted octanol–water partition coefficient (Wildman–Crippen LogP) is -1.62. The van der Waals surface area contributed by atoms with Gasteiger partial charge in [0.1, 0.15) is 0 Å². The van der Waals surface area contributed by atoms with Gasteiger partial charge in [-0.25, -0.2) is 4.79 Å². The summed E-state index contributed by atoms with van der Waals surface area (Å²) in [4.78, 5) is 44.7. The minimum Gasteiger partial charge on any atom is -0.481 e. The Hall–Kier alpha value is -1.61. The lowest BCUT2D eigenvalue weighted by molar-refractivity contribution is -0.170. The fraction of sp³-hybridized carbons (Fsp3) is 0.500.